The Kier molecular flexibility index (Phi) is 3.55. The van der Waals surface area contributed by atoms with Gasteiger partial charge in [0.1, 0.15) is 0 Å². The van der Waals surface area contributed by atoms with Gasteiger partial charge in [-0.2, -0.15) is 0 Å². The van der Waals surface area contributed by atoms with Crippen molar-refractivity contribution in [2.24, 2.45) is 0 Å². The highest BCUT2D eigenvalue weighted by molar-refractivity contribution is 5.33. The van der Waals surface area contributed by atoms with Gasteiger partial charge in [-0.25, -0.2) is 0 Å². The van der Waals surface area contributed by atoms with Gasteiger partial charge in [0.15, 0.2) is 6.29 Å². The second kappa shape index (κ2) is 4.69. The predicted molar refractivity (Wildman–Crippen MR) is 49.9 cm³/mol. The van der Waals surface area contributed by atoms with E-state index in [2.05, 4.69) is 0 Å². The van der Waals surface area contributed by atoms with E-state index in [1.807, 2.05) is 0 Å². The summed E-state index contributed by atoms with van der Waals surface area (Å²) in [5, 5.41) is 10.4. The van der Waals surface area contributed by atoms with Crippen LogP contribution in [0.25, 0.3) is 0 Å². The predicted octanol–water partition coefficient (Wildman–Crippen LogP) is 1.89. The maximum absolute atomic E-state index is 10.4. The van der Waals surface area contributed by atoms with Crippen LogP contribution < -0.4 is 0 Å². The molecule has 0 bridgehead atoms. The fraction of sp³-hybridized carbons (Fsp3) is 0.333. The molecule has 1 aromatic rings. The van der Waals surface area contributed by atoms with Gasteiger partial charge in [-0.15, -0.1) is 0 Å². The Morgan fingerprint density at radius 2 is 1.71 bits per heavy atom. The topological polar surface area (TPSA) is 61.6 Å². The molecular weight excluding hydrogens is 186 g/mol. The molecule has 0 fully saturated rings. The largest absolute Gasteiger partial charge is 0.352 e. The molecule has 0 aliphatic rings. The fourth-order valence-electron chi connectivity index (χ4n) is 1.12. The standard InChI is InChI=1S/C9H11NO4/c1-13-9(14-2)7-3-5-8(6-4-7)10(11)12/h3-6,9H,1-2H3. The highest BCUT2D eigenvalue weighted by Crippen LogP contribution is 2.20. The molecule has 0 spiro atoms. The number of nitro groups is 1. The molecule has 0 aliphatic heterocycles. The third-order valence-electron chi connectivity index (χ3n) is 1.80. The molecule has 0 aliphatic carbocycles. The summed E-state index contributed by atoms with van der Waals surface area (Å²) in [5.74, 6) is 0. The Labute approximate surface area is 81.4 Å². The van der Waals surface area contributed by atoms with Crippen molar-refractivity contribution in [1.29, 1.82) is 0 Å². The third kappa shape index (κ3) is 2.27. The summed E-state index contributed by atoms with van der Waals surface area (Å²) in [4.78, 5) is 9.92. The number of hydrogen-bond acceptors (Lipinski definition) is 4. The van der Waals surface area contributed by atoms with Crippen LogP contribution in [0.2, 0.25) is 0 Å². The zero-order valence-electron chi connectivity index (χ0n) is 7.97. The number of non-ortho nitro benzene ring substituents is 1. The minimum absolute atomic E-state index is 0.0553. The molecule has 0 atom stereocenters. The van der Waals surface area contributed by atoms with Crippen molar-refractivity contribution in [1.82, 2.24) is 0 Å². The molecule has 14 heavy (non-hydrogen) atoms. The Bertz CT molecular complexity index is 305. The van der Waals surface area contributed by atoms with Crippen molar-refractivity contribution in [3.63, 3.8) is 0 Å². The van der Waals surface area contributed by atoms with E-state index in [4.69, 9.17) is 9.47 Å². The summed E-state index contributed by atoms with van der Waals surface area (Å²) in [5.41, 5.74) is 0.806. The van der Waals surface area contributed by atoms with E-state index in [0.29, 0.717) is 0 Å². The summed E-state index contributed by atoms with van der Waals surface area (Å²) < 4.78 is 9.99. The van der Waals surface area contributed by atoms with E-state index in [9.17, 15) is 10.1 Å². The number of ether oxygens (including phenoxy) is 2. The average molecular weight is 197 g/mol. The van der Waals surface area contributed by atoms with Crippen LogP contribution >= 0.6 is 0 Å². The summed E-state index contributed by atoms with van der Waals surface area (Å²) >= 11 is 0. The Hall–Kier alpha value is -1.46. The number of hydrogen-bond donors (Lipinski definition) is 0. The second-order valence-corrected chi connectivity index (χ2v) is 2.65. The number of nitrogens with zero attached hydrogens (tertiary/aromatic N) is 1. The molecule has 5 heteroatoms. The molecule has 0 aromatic heterocycles. The SMILES string of the molecule is COC(OC)c1ccc([N+](=O)[O-])cc1. The smallest absolute Gasteiger partial charge is 0.269 e. The van der Waals surface area contributed by atoms with E-state index in [-0.39, 0.29) is 5.69 Å². The van der Waals surface area contributed by atoms with E-state index in [0.717, 1.165) is 5.56 Å². The van der Waals surface area contributed by atoms with Gasteiger partial charge in [0.2, 0.25) is 0 Å². The van der Waals surface area contributed by atoms with Gasteiger partial charge in [-0.1, -0.05) is 0 Å². The summed E-state index contributed by atoms with van der Waals surface area (Å²) in [6, 6.07) is 6.05. The first kappa shape index (κ1) is 10.6. The second-order valence-electron chi connectivity index (χ2n) is 2.65. The van der Waals surface area contributed by atoms with Gasteiger partial charge in [-0.3, -0.25) is 10.1 Å². The Balaban J connectivity index is 2.87. The molecule has 0 radical (unpaired) electrons. The van der Waals surface area contributed by atoms with Crippen LogP contribution in [0, 0.1) is 10.1 Å². The lowest BCUT2D eigenvalue weighted by atomic mass is 10.2. The van der Waals surface area contributed by atoms with E-state index in [1.54, 1.807) is 12.1 Å². The van der Waals surface area contributed by atoms with Gasteiger partial charge >= 0.3 is 0 Å². The van der Waals surface area contributed by atoms with Crippen LogP contribution in [0.3, 0.4) is 0 Å². The van der Waals surface area contributed by atoms with Crippen molar-refractivity contribution >= 4 is 5.69 Å². The fourth-order valence-corrected chi connectivity index (χ4v) is 1.12. The lowest BCUT2D eigenvalue weighted by Gasteiger charge is -2.12. The molecule has 0 saturated carbocycles. The van der Waals surface area contributed by atoms with Crippen molar-refractivity contribution in [2.45, 2.75) is 6.29 Å². The van der Waals surface area contributed by atoms with Crippen LogP contribution in [-0.4, -0.2) is 19.1 Å². The molecule has 76 valence electrons. The monoisotopic (exact) mass is 197 g/mol. The van der Waals surface area contributed by atoms with Crippen LogP contribution in [-0.2, 0) is 9.47 Å². The zero-order chi connectivity index (χ0) is 10.6. The minimum atomic E-state index is -0.476. The Morgan fingerprint density at radius 3 is 2.07 bits per heavy atom. The van der Waals surface area contributed by atoms with Gasteiger partial charge in [0, 0.05) is 31.9 Å². The summed E-state index contributed by atoms with van der Waals surface area (Å²) in [7, 11) is 3.02. The first-order valence-corrected chi connectivity index (χ1v) is 3.99. The number of methoxy groups -OCH3 is 2. The molecule has 5 nitrogen and oxygen atoms in total. The van der Waals surface area contributed by atoms with E-state index >= 15 is 0 Å². The molecular formula is C9H11NO4. The zero-order valence-corrected chi connectivity index (χ0v) is 7.97. The van der Waals surface area contributed by atoms with Crippen LogP contribution in [0.1, 0.15) is 11.9 Å². The van der Waals surface area contributed by atoms with Crippen molar-refractivity contribution in [3.8, 4) is 0 Å². The molecule has 1 aromatic carbocycles. The maximum Gasteiger partial charge on any atom is 0.269 e. The lowest BCUT2D eigenvalue weighted by Crippen LogP contribution is -2.03. The van der Waals surface area contributed by atoms with Crippen molar-refractivity contribution in [2.75, 3.05) is 14.2 Å². The molecule has 0 N–H and O–H groups in total. The number of benzene rings is 1. The summed E-state index contributed by atoms with van der Waals surface area (Å²) in [6.45, 7) is 0. The molecule has 0 unspecified atom stereocenters. The highest BCUT2D eigenvalue weighted by Gasteiger charge is 2.10. The van der Waals surface area contributed by atoms with Crippen molar-refractivity contribution < 1.29 is 14.4 Å². The molecule has 0 heterocycles. The third-order valence-corrected chi connectivity index (χ3v) is 1.80. The average Bonchev–Trinajstić information content (AvgIpc) is 2.20. The Morgan fingerprint density at radius 1 is 1.21 bits per heavy atom. The lowest BCUT2D eigenvalue weighted by molar-refractivity contribution is -0.384. The van der Waals surface area contributed by atoms with Crippen LogP contribution in [0.4, 0.5) is 5.69 Å². The number of rotatable bonds is 4. The summed E-state index contributed by atoms with van der Waals surface area (Å²) in [6.07, 6.45) is -0.476. The van der Waals surface area contributed by atoms with Gasteiger partial charge in [-0.05, 0) is 12.1 Å². The van der Waals surface area contributed by atoms with E-state index < -0.39 is 11.2 Å². The van der Waals surface area contributed by atoms with Crippen LogP contribution in [0.15, 0.2) is 24.3 Å². The van der Waals surface area contributed by atoms with Gasteiger partial charge in [0.05, 0.1) is 4.92 Å². The van der Waals surface area contributed by atoms with E-state index in [1.165, 1.54) is 26.4 Å². The first-order chi connectivity index (χ1) is 6.69. The molecule has 0 saturated heterocycles. The van der Waals surface area contributed by atoms with Gasteiger partial charge in [0.25, 0.3) is 5.69 Å². The highest BCUT2D eigenvalue weighted by atomic mass is 16.7. The normalized spacial score (nSPS) is 10.5. The maximum atomic E-state index is 10.4. The number of nitro benzene ring substituents is 1. The first-order valence-electron chi connectivity index (χ1n) is 3.99. The van der Waals surface area contributed by atoms with Crippen molar-refractivity contribution in [3.05, 3.63) is 39.9 Å². The van der Waals surface area contributed by atoms with Crippen LogP contribution in [0.5, 0.6) is 0 Å². The quantitative estimate of drug-likeness (QED) is 0.420. The minimum Gasteiger partial charge on any atom is -0.352 e. The molecule has 0 amide bonds. The molecule has 1 rings (SSSR count). The van der Waals surface area contributed by atoms with Gasteiger partial charge < -0.3 is 9.47 Å².